The second kappa shape index (κ2) is 4.38. The van der Waals surface area contributed by atoms with Crippen LogP contribution in [0.25, 0.3) is 0 Å². The van der Waals surface area contributed by atoms with Crippen molar-refractivity contribution in [1.82, 2.24) is 4.72 Å². The van der Waals surface area contributed by atoms with E-state index < -0.39 is 16.1 Å². The van der Waals surface area contributed by atoms with E-state index >= 15 is 0 Å². The third-order valence-electron chi connectivity index (χ3n) is 2.54. The maximum absolute atomic E-state index is 11.9. The molecule has 6 heteroatoms. The molecule has 1 aliphatic carbocycles. The summed E-state index contributed by atoms with van der Waals surface area (Å²) in [5.74, 6) is -0.592. The van der Waals surface area contributed by atoms with Crippen LogP contribution in [0.3, 0.4) is 0 Å². The molecule has 1 aromatic carbocycles. The van der Waals surface area contributed by atoms with Gasteiger partial charge in [-0.2, -0.15) is 0 Å². The molecule has 0 bridgehead atoms. The van der Waals surface area contributed by atoms with E-state index in [1.165, 1.54) is 12.1 Å². The summed E-state index contributed by atoms with van der Waals surface area (Å²) in [6.07, 6.45) is -0.229. The third-order valence-corrected chi connectivity index (χ3v) is 4.03. The minimum Gasteiger partial charge on any atom is -0.299 e. The Labute approximate surface area is 98.9 Å². The molecule has 0 spiro atoms. The molecule has 0 heterocycles. The van der Waals surface area contributed by atoms with Crippen molar-refractivity contribution >= 4 is 21.6 Å². The number of hydrogen-bond acceptors (Lipinski definition) is 4. The molecular formula is C11H11NO4S. The monoisotopic (exact) mass is 253 g/mol. The Balaban J connectivity index is 2.19. The van der Waals surface area contributed by atoms with Gasteiger partial charge in [0.25, 0.3) is 0 Å². The average molecular weight is 253 g/mol. The van der Waals surface area contributed by atoms with Gasteiger partial charge in [-0.3, -0.25) is 9.59 Å². The molecule has 2 rings (SSSR count). The molecule has 0 saturated heterocycles. The summed E-state index contributed by atoms with van der Waals surface area (Å²) in [4.78, 5) is 22.5. The molecule has 5 nitrogen and oxygen atoms in total. The Kier molecular flexibility index (Phi) is 3.08. The summed E-state index contributed by atoms with van der Waals surface area (Å²) in [6.45, 7) is 0. The molecule has 0 aromatic heterocycles. The van der Waals surface area contributed by atoms with E-state index in [-0.39, 0.29) is 29.3 Å². The van der Waals surface area contributed by atoms with Crippen molar-refractivity contribution in [3.8, 4) is 0 Å². The molecular weight excluding hydrogens is 242 g/mol. The maximum atomic E-state index is 11.9. The van der Waals surface area contributed by atoms with Gasteiger partial charge >= 0.3 is 0 Å². The van der Waals surface area contributed by atoms with Crippen LogP contribution in [0.2, 0.25) is 0 Å². The predicted molar refractivity (Wildman–Crippen MR) is 59.8 cm³/mol. The quantitative estimate of drug-likeness (QED) is 0.784. The van der Waals surface area contributed by atoms with Gasteiger partial charge in [-0.15, -0.1) is 0 Å². The van der Waals surface area contributed by atoms with Crippen LogP contribution in [0.5, 0.6) is 0 Å². The van der Waals surface area contributed by atoms with Gasteiger partial charge in [-0.1, -0.05) is 18.2 Å². The predicted octanol–water partition coefficient (Wildman–Crippen LogP) is 0.265. The van der Waals surface area contributed by atoms with E-state index in [4.69, 9.17) is 0 Å². The Hall–Kier alpha value is -1.53. The molecule has 1 saturated carbocycles. The number of benzene rings is 1. The van der Waals surface area contributed by atoms with Crippen LogP contribution in [-0.2, 0) is 19.6 Å². The minimum atomic E-state index is -3.72. The number of ketones is 2. The lowest BCUT2D eigenvalue weighted by atomic mass is 10.3. The first-order valence-electron chi connectivity index (χ1n) is 5.11. The van der Waals surface area contributed by atoms with Gasteiger partial charge in [0.05, 0.1) is 17.4 Å². The van der Waals surface area contributed by atoms with Crippen molar-refractivity contribution in [3.63, 3.8) is 0 Å². The first kappa shape index (κ1) is 11.9. The van der Waals surface area contributed by atoms with E-state index in [2.05, 4.69) is 4.72 Å². The van der Waals surface area contributed by atoms with Crippen LogP contribution in [0.15, 0.2) is 35.2 Å². The van der Waals surface area contributed by atoms with Crippen LogP contribution < -0.4 is 4.72 Å². The largest absolute Gasteiger partial charge is 0.299 e. The van der Waals surface area contributed by atoms with Gasteiger partial charge in [-0.05, 0) is 12.1 Å². The number of carbonyl (C=O) groups is 2. The Morgan fingerprint density at radius 1 is 1.12 bits per heavy atom. The molecule has 0 aliphatic heterocycles. The van der Waals surface area contributed by atoms with Crippen molar-refractivity contribution in [2.24, 2.45) is 0 Å². The number of Topliss-reactive ketones (excluding diaryl/α,β-unsaturated/α-hetero) is 2. The van der Waals surface area contributed by atoms with Crippen LogP contribution in [0.1, 0.15) is 12.8 Å². The number of rotatable bonds is 3. The van der Waals surface area contributed by atoms with E-state index in [0.717, 1.165) is 0 Å². The minimum absolute atomic E-state index is 0.0507. The SMILES string of the molecule is O=C1CC(=O)C(NS(=O)(=O)c2ccccc2)C1. The van der Waals surface area contributed by atoms with Crippen LogP contribution in [0, 0.1) is 0 Å². The van der Waals surface area contributed by atoms with Gasteiger partial charge in [-0.25, -0.2) is 13.1 Å². The topological polar surface area (TPSA) is 80.3 Å². The van der Waals surface area contributed by atoms with Crippen molar-refractivity contribution in [1.29, 1.82) is 0 Å². The summed E-state index contributed by atoms with van der Waals surface area (Å²) < 4.78 is 26.0. The van der Waals surface area contributed by atoms with Gasteiger partial charge in [0.1, 0.15) is 5.78 Å². The fraction of sp³-hybridized carbons (Fsp3) is 0.273. The lowest BCUT2D eigenvalue weighted by Crippen LogP contribution is -2.37. The second-order valence-corrected chi connectivity index (χ2v) is 5.59. The van der Waals surface area contributed by atoms with E-state index in [1.54, 1.807) is 18.2 Å². The molecule has 90 valence electrons. The summed E-state index contributed by atoms with van der Waals surface area (Å²) in [7, 11) is -3.72. The lowest BCUT2D eigenvalue weighted by molar-refractivity contribution is -0.122. The van der Waals surface area contributed by atoms with Crippen molar-refractivity contribution in [2.45, 2.75) is 23.8 Å². The molecule has 1 N–H and O–H groups in total. The van der Waals surface area contributed by atoms with Gasteiger partial charge < -0.3 is 0 Å². The Morgan fingerprint density at radius 3 is 2.29 bits per heavy atom. The molecule has 1 atom stereocenters. The zero-order chi connectivity index (χ0) is 12.5. The Bertz CT molecular complexity index is 550. The van der Waals surface area contributed by atoms with Crippen molar-refractivity contribution < 1.29 is 18.0 Å². The molecule has 1 fully saturated rings. The highest BCUT2D eigenvalue weighted by molar-refractivity contribution is 7.89. The fourth-order valence-corrected chi connectivity index (χ4v) is 2.93. The third kappa shape index (κ3) is 2.59. The summed E-state index contributed by atoms with van der Waals surface area (Å²) >= 11 is 0. The number of sulfonamides is 1. The zero-order valence-electron chi connectivity index (χ0n) is 8.92. The molecule has 1 aliphatic rings. The van der Waals surface area contributed by atoms with Crippen molar-refractivity contribution in [3.05, 3.63) is 30.3 Å². The highest BCUT2D eigenvalue weighted by Crippen LogP contribution is 2.15. The molecule has 1 aromatic rings. The number of nitrogens with one attached hydrogen (secondary N) is 1. The van der Waals surface area contributed by atoms with Gasteiger partial charge in [0.15, 0.2) is 5.78 Å². The molecule has 1 unspecified atom stereocenters. The summed E-state index contributed by atoms with van der Waals surface area (Å²) in [6, 6.07) is 6.84. The summed E-state index contributed by atoms with van der Waals surface area (Å²) in [5, 5.41) is 0. The zero-order valence-corrected chi connectivity index (χ0v) is 9.74. The smallest absolute Gasteiger partial charge is 0.241 e. The number of carbonyl (C=O) groups excluding carboxylic acids is 2. The van der Waals surface area contributed by atoms with Gasteiger partial charge in [0.2, 0.25) is 10.0 Å². The van der Waals surface area contributed by atoms with E-state index in [1.807, 2.05) is 0 Å². The van der Waals surface area contributed by atoms with Crippen LogP contribution in [0.4, 0.5) is 0 Å². The van der Waals surface area contributed by atoms with E-state index in [9.17, 15) is 18.0 Å². The van der Waals surface area contributed by atoms with E-state index in [0.29, 0.717) is 0 Å². The summed E-state index contributed by atoms with van der Waals surface area (Å²) in [5.41, 5.74) is 0. The Morgan fingerprint density at radius 2 is 1.76 bits per heavy atom. The average Bonchev–Trinajstić information content (AvgIpc) is 2.58. The van der Waals surface area contributed by atoms with Crippen LogP contribution >= 0.6 is 0 Å². The standard InChI is InChI=1S/C11H11NO4S/c13-8-6-10(11(14)7-8)12-17(15,16)9-4-2-1-3-5-9/h1-5,10,12H,6-7H2. The maximum Gasteiger partial charge on any atom is 0.241 e. The van der Waals surface area contributed by atoms with Crippen LogP contribution in [-0.4, -0.2) is 26.0 Å². The highest BCUT2D eigenvalue weighted by atomic mass is 32.2. The second-order valence-electron chi connectivity index (χ2n) is 3.87. The van der Waals surface area contributed by atoms with Gasteiger partial charge in [0, 0.05) is 6.42 Å². The molecule has 17 heavy (non-hydrogen) atoms. The first-order chi connectivity index (χ1) is 7.99. The normalized spacial score (nSPS) is 20.8. The highest BCUT2D eigenvalue weighted by Gasteiger charge is 2.34. The fourth-order valence-electron chi connectivity index (χ4n) is 1.69. The first-order valence-corrected chi connectivity index (χ1v) is 6.59. The molecule has 0 radical (unpaired) electrons. The number of hydrogen-bond donors (Lipinski definition) is 1. The van der Waals surface area contributed by atoms with Crippen molar-refractivity contribution in [2.75, 3.05) is 0 Å². The molecule has 0 amide bonds. The lowest BCUT2D eigenvalue weighted by Gasteiger charge is -2.10.